The first-order valence-electron chi connectivity index (χ1n) is 7.25. The monoisotopic (exact) mass is 384 g/mol. The van der Waals surface area contributed by atoms with Gasteiger partial charge in [0.15, 0.2) is 12.1 Å². The van der Waals surface area contributed by atoms with E-state index in [-0.39, 0.29) is 43.7 Å². The third kappa shape index (κ3) is 19.9. The molecule has 0 aromatic rings. The second kappa shape index (κ2) is 13.2. The van der Waals surface area contributed by atoms with Gasteiger partial charge in [-0.05, 0) is 0 Å². The van der Waals surface area contributed by atoms with E-state index < -0.39 is 18.0 Å². The fourth-order valence-corrected chi connectivity index (χ4v) is 1.50. The largest absolute Gasteiger partial charge is 0.550 e. The van der Waals surface area contributed by atoms with Crippen molar-refractivity contribution in [2.24, 2.45) is 5.73 Å². The fraction of sp³-hybridized carbons (Fsp3) is 0.714. The molecule has 11 heteroatoms. The van der Waals surface area contributed by atoms with Crippen LogP contribution in [-0.4, -0.2) is 85.7 Å². The van der Waals surface area contributed by atoms with Crippen molar-refractivity contribution in [3.05, 3.63) is 0 Å². The zero-order valence-corrected chi connectivity index (χ0v) is 16.1. The maximum Gasteiger partial charge on any atom is 0.323 e. The van der Waals surface area contributed by atoms with Gasteiger partial charge in [-0.15, -0.1) is 12.4 Å². The molecule has 0 aromatic carbocycles. The maximum atomic E-state index is 11.0. The highest BCUT2D eigenvalue weighted by molar-refractivity contribution is 5.85. The average Bonchev–Trinajstić information content (AvgIpc) is 2.35. The molecule has 0 fully saturated rings. The molecule has 0 amide bonds. The van der Waals surface area contributed by atoms with Crippen molar-refractivity contribution >= 4 is 36.3 Å². The van der Waals surface area contributed by atoms with Gasteiger partial charge in [-0.25, -0.2) is 0 Å². The Labute approximate surface area is 154 Å². The molecule has 0 saturated heterocycles. The van der Waals surface area contributed by atoms with Crippen LogP contribution in [0.2, 0.25) is 0 Å². The van der Waals surface area contributed by atoms with Gasteiger partial charge in [0.25, 0.3) is 0 Å². The number of ether oxygens (including phenoxy) is 1. The van der Waals surface area contributed by atoms with E-state index in [1.807, 2.05) is 21.1 Å². The minimum atomic E-state index is -1.20. The Morgan fingerprint density at radius 3 is 2.04 bits per heavy atom. The molecule has 0 aliphatic heterocycles. The van der Waals surface area contributed by atoms with Crippen LogP contribution < -0.4 is 10.8 Å². The molecular formula is C14H29ClN4O6. The van der Waals surface area contributed by atoms with Crippen LogP contribution in [0, 0.1) is 5.41 Å². The molecule has 25 heavy (non-hydrogen) atoms. The number of rotatable bonds is 8. The number of carbonyl (C=O) groups excluding carboxylic acids is 2. The van der Waals surface area contributed by atoms with Crippen molar-refractivity contribution in [3.8, 4) is 0 Å². The summed E-state index contributed by atoms with van der Waals surface area (Å²) in [4.78, 5) is 32.6. The molecule has 1 unspecified atom stereocenters. The number of hydrogen-bond acceptors (Lipinski definition) is 6. The van der Waals surface area contributed by atoms with Gasteiger partial charge in [0, 0.05) is 25.9 Å². The first-order chi connectivity index (χ1) is 10.8. The Kier molecular flexibility index (Phi) is 14.7. The number of nitrogens with one attached hydrogen (secondary N) is 1. The Bertz CT molecular complexity index is 453. The number of nitrogens with zero attached hydrogens (tertiary/aromatic N) is 2. The van der Waals surface area contributed by atoms with Crippen LogP contribution in [0.5, 0.6) is 0 Å². The third-order valence-corrected chi connectivity index (χ3v) is 2.52. The molecule has 0 rings (SSSR count). The van der Waals surface area contributed by atoms with Gasteiger partial charge >= 0.3 is 11.9 Å². The smallest absolute Gasteiger partial charge is 0.323 e. The molecule has 0 aliphatic carbocycles. The second-order valence-electron chi connectivity index (χ2n) is 6.15. The summed E-state index contributed by atoms with van der Waals surface area (Å²) in [6, 6.07) is 0. The fourth-order valence-electron chi connectivity index (χ4n) is 1.50. The van der Waals surface area contributed by atoms with Gasteiger partial charge in [-0.2, -0.15) is 0 Å². The van der Waals surface area contributed by atoms with E-state index in [4.69, 9.17) is 21.0 Å². The van der Waals surface area contributed by atoms with Gasteiger partial charge in [0.05, 0.1) is 21.1 Å². The van der Waals surface area contributed by atoms with Crippen LogP contribution in [0.1, 0.15) is 19.8 Å². The zero-order valence-electron chi connectivity index (χ0n) is 15.3. The number of aliphatic carboxylic acids is 2. The minimum absolute atomic E-state index is 0. The standard InChI is InChI=1S/C10H19NO4.C4H9N3O2.ClH/c1-5-10(14)15-8(6-9(12)13)7-11(2,3)4;1-7(4(5)6)2-3(8)9;/h8H,5-7H2,1-4H3;2H2,1H3,(H3,5,6)(H,8,9);1H. The Balaban J connectivity index is -0.000000418. The summed E-state index contributed by atoms with van der Waals surface area (Å²) in [7, 11) is 7.16. The summed E-state index contributed by atoms with van der Waals surface area (Å²) in [6.45, 7) is 1.90. The lowest BCUT2D eigenvalue weighted by Gasteiger charge is -2.29. The number of hydrogen-bond donors (Lipinski definition) is 3. The molecule has 0 aromatic heterocycles. The topological polar surface area (TPSA) is 157 Å². The first-order valence-corrected chi connectivity index (χ1v) is 7.25. The third-order valence-electron chi connectivity index (χ3n) is 2.52. The molecule has 0 radical (unpaired) electrons. The highest BCUT2D eigenvalue weighted by Crippen LogP contribution is 2.05. The number of likely N-dealkylation sites (N-methyl/N-ethyl adjacent to an activating group) is 2. The number of quaternary nitrogens is 1. The van der Waals surface area contributed by atoms with Crippen molar-refractivity contribution in [3.63, 3.8) is 0 Å². The van der Waals surface area contributed by atoms with Crippen molar-refractivity contribution in [2.75, 3.05) is 41.3 Å². The van der Waals surface area contributed by atoms with Crippen LogP contribution in [0.4, 0.5) is 0 Å². The van der Waals surface area contributed by atoms with E-state index in [1.54, 1.807) is 6.92 Å². The van der Waals surface area contributed by atoms with Crippen molar-refractivity contribution < 1.29 is 33.8 Å². The Morgan fingerprint density at radius 2 is 1.80 bits per heavy atom. The Hall–Kier alpha value is -2.07. The highest BCUT2D eigenvalue weighted by atomic mass is 35.5. The number of halogens is 1. The van der Waals surface area contributed by atoms with Gasteiger partial charge in [0.1, 0.15) is 13.1 Å². The quantitative estimate of drug-likeness (QED) is 0.197. The predicted octanol–water partition coefficient (Wildman–Crippen LogP) is -1.53. The normalized spacial score (nSPS) is 11.1. The van der Waals surface area contributed by atoms with Crippen LogP contribution in [0.3, 0.4) is 0 Å². The van der Waals surface area contributed by atoms with E-state index >= 15 is 0 Å². The van der Waals surface area contributed by atoms with E-state index in [0.717, 1.165) is 4.90 Å². The lowest BCUT2D eigenvalue weighted by molar-refractivity contribution is -0.873. The number of guanidine groups is 1. The van der Waals surface area contributed by atoms with Crippen LogP contribution in [0.15, 0.2) is 0 Å². The van der Waals surface area contributed by atoms with Crippen LogP contribution in [0.25, 0.3) is 0 Å². The lowest BCUT2D eigenvalue weighted by atomic mass is 10.2. The number of carbonyl (C=O) groups is 3. The maximum absolute atomic E-state index is 11.0. The first kappa shape index (κ1) is 27.8. The molecule has 0 bridgehead atoms. The molecule has 10 nitrogen and oxygen atoms in total. The highest BCUT2D eigenvalue weighted by Gasteiger charge is 2.21. The summed E-state index contributed by atoms with van der Waals surface area (Å²) in [5, 5.41) is 25.3. The number of nitrogens with two attached hydrogens (primary N) is 1. The predicted molar refractivity (Wildman–Crippen MR) is 92.1 cm³/mol. The molecule has 4 N–H and O–H groups in total. The minimum Gasteiger partial charge on any atom is -0.550 e. The van der Waals surface area contributed by atoms with Crippen LogP contribution >= 0.6 is 12.4 Å². The SMILES string of the molecule is CCC(=O)OC(CC(=O)[O-])C[N+](C)(C)C.CN(CC(=O)O)C(=N)N.Cl. The van der Waals surface area contributed by atoms with Crippen molar-refractivity contribution in [1.82, 2.24) is 4.90 Å². The summed E-state index contributed by atoms with van der Waals surface area (Å²) in [5.41, 5.74) is 4.93. The van der Waals surface area contributed by atoms with Gasteiger partial charge in [-0.3, -0.25) is 15.0 Å². The van der Waals surface area contributed by atoms with Crippen molar-refractivity contribution in [2.45, 2.75) is 25.9 Å². The molecule has 0 spiro atoms. The Morgan fingerprint density at radius 1 is 1.32 bits per heavy atom. The van der Waals surface area contributed by atoms with Gasteiger partial charge in [0.2, 0.25) is 0 Å². The summed E-state index contributed by atoms with van der Waals surface area (Å²) in [6.07, 6.45) is -0.607. The molecular weight excluding hydrogens is 356 g/mol. The van der Waals surface area contributed by atoms with E-state index in [9.17, 15) is 19.5 Å². The number of esters is 1. The van der Waals surface area contributed by atoms with Crippen LogP contribution in [-0.2, 0) is 19.1 Å². The summed E-state index contributed by atoms with van der Waals surface area (Å²) >= 11 is 0. The molecule has 148 valence electrons. The van der Waals surface area contributed by atoms with Gasteiger partial charge < -0.3 is 34.9 Å². The zero-order chi connectivity index (χ0) is 19.5. The molecule has 0 heterocycles. The van der Waals surface area contributed by atoms with E-state index in [0.29, 0.717) is 11.0 Å². The molecule has 1 atom stereocenters. The number of carboxylic acids is 2. The lowest BCUT2D eigenvalue weighted by Crippen LogP contribution is -2.45. The van der Waals surface area contributed by atoms with E-state index in [1.165, 1.54) is 7.05 Å². The summed E-state index contributed by atoms with van der Waals surface area (Å²) in [5.74, 6) is -2.81. The molecule has 0 aliphatic rings. The van der Waals surface area contributed by atoms with Crippen molar-refractivity contribution in [1.29, 1.82) is 5.41 Å². The summed E-state index contributed by atoms with van der Waals surface area (Å²) < 4.78 is 5.55. The molecule has 0 saturated carbocycles. The van der Waals surface area contributed by atoms with E-state index in [2.05, 4.69) is 0 Å². The average molecular weight is 385 g/mol. The second-order valence-corrected chi connectivity index (χ2v) is 6.15. The van der Waals surface area contributed by atoms with Gasteiger partial charge in [-0.1, -0.05) is 6.92 Å². The number of carboxylic acid groups (broad SMARTS) is 2.